The number of furan rings is 2. The lowest BCUT2D eigenvalue weighted by atomic mass is 10.1. The molecule has 0 saturated heterocycles. The monoisotopic (exact) mass is 953 g/mol. The van der Waals surface area contributed by atoms with Gasteiger partial charge < -0.3 is 13.4 Å². The minimum atomic E-state index is -1.70. The van der Waals surface area contributed by atoms with Crippen LogP contribution >= 0.6 is 0 Å². The second-order valence-corrected chi connectivity index (χ2v) is 22.2. The highest BCUT2D eigenvalue weighted by Crippen LogP contribution is 2.39. The Bertz CT molecular complexity index is 5210. The van der Waals surface area contributed by atoms with Crippen molar-refractivity contribution in [1.82, 2.24) is 32.5 Å². The topological polar surface area (TPSA) is 75.7 Å². The first kappa shape index (κ1) is 39.1. The lowest BCUT2D eigenvalue weighted by molar-refractivity contribution is 0.668. The largest absolute Gasteiger partial charge is 0.456 e. The zero-order chi connectivity index (χ0) is 47.6. The highest BCUT2D eigenvalue weighted by Gasteiger charge is 2.23. The molecule has 7 heterocycles. The van der Waals surface area contributed by atoms with Gasteiger partial charge in [-0.25, -0.2) is 9.97 Å². The van der Waals surface area contributed by atoms with Gasteiger partial charge in [-0.2, -0.15) is 0 Å². The Balaban J connectivity index is 0.769. The van der Waals surface area contributed by atoms with Gasteiger partial charge in [0.2, 0.25) is 11.6 Å². The van der Waals surface area contributed by atoms with Crippen LogP contribution in [0.1, 0.15) is 0 Å². The fourth-order valence-electron chi connectivity index (χ4n) is 12.2. The first-order valence-electron chi connectivity index (χ1n) is 24.8. The highest BCUT2D eigenvalue weighted by atomic mass is 28.3. The third-order valence-electron chi connectivity index (χ3n) is 15.6. The van der Waals surface area contributed by atoms with E-state index in [4.69, 9.17) is 18.8 Å². The molecule has 17 aromatic rings. The Morgan fingerprint density at radius 3 is 1.23 bits per heavy atom. The Morgan fingerprint density at radius 2 is 0.699 bits per heavy atom. The molecule has 7 aromatic heterocycles. The SMILES string of the molecule is C[SiH](c1ccc2oc3ccc(-n4c5ccccc5c5cc(-n6c7ccccc7n7c8ccccc8nc67)ccc54)cc3c2c1)c1ccc2oc3ccc(-n4c5ccccc5n5c6ccccc6nc45)cc3c2c1. The molecule has 0 radical (unpaired) electrons. The molecule has 73 heavy (non-hydrogen) atoms. The number of hydrogen-bond acceptors (Lipinski definition) is 4. The number of hydrogen-bond donors (Lipinski definition) is 0. The number of rotatable bonds is 5. The van der Waals surface area contributed by atoms with Crippen LogP contribution in [0.5, 0.6) is 0 Å². The van der Waals surface area contributed by atoms with Crippen molar-refractivity contribution in [2.24, 2.45) is 0 Å². The van der Waals surface area contributed by atoms with Crippen LogP contribution in [-0.4, -0.2) is 41.3 Å². The number of benzene rings is 10. The van der Waals surface area contributed by atoms with Gasteiger partial charge in [-0.3, -0.25) is 17.9 Å². The molecule has 10 aromatic carbocycles. The van der Waals surface area contributed by atoms with Gasteiger partial charge in [-0.05, 0) is 121 Å². The summed E-state index contributed by atoms with van der Waals surface area (Å²) in [5, 5.41) is 9.52. The molecular weight excluding hydrogens is 915 g/mol. The summed E-state index contributed by atoms with van der Waals surface area (Å²) in [5.41, 5.74) is 17.6. The maximum Gasteiger partial charge on any atom is 0.220 e. The molecule has 0 bridgehead atoms. The van der Waals surface area contributed by atoms with Gasteiger partial charge in [0, 0.05) is 43.7 Å². The lowest BCUT2D eigenvalue weighted by Gasteiger charge is -2.12. The third-order valence-corrected chi connectivity index (χ3v) is 18.3. The van der Waals surface area contributed by atoms with Crippen LogP contribution in [0.3, 0.4) is 0 Å². The van der Waals surface area contributed by atoms with E-state index in [9.17, 15) is 0 Å². The summed E-state index contributed by atoms with van der Waals surface area (Å²) in [4.78, 5) is 10.3. The van der Waals surface area contributed by atoms with E-state index in [1.54, 1.807) is 0 Å². The molecule has 0 aliphatic heterocycles. The molecule has 17 rings (SSSR count). The van der Waals surface area contributed by atoms with E-state index in [-0.39, 0.29) is 0 Å². The van der Waals surface area contributed by atoms with Crippen molar-refractivity contribution in [1.29, 1.82) is 0 Å². The number of nitrogens with zero attached hydrogens (tertiary/aromatic N) is 7. The van der Waals surface area contributed by atoms with E-state index in [1.807, 2.05) is 6.07 Å². The molecule has 0 fully saturated rings. The van der Waals surface area contributed by atoms with Gasteiger partial charge >= 0.3 is 0 Å². The molecule has 10 heteroatoms. The van der Waals surface area contributed by atoms with E-state index in [0.29, 0.717) is 0 Å². The van der Waals surface area contributed by atoms with Crippen molar-refractivity contribution in [3.63, 3.8) is 0 Å². The van der Waals surface area contributed by atoms with Crippen LogP contribution in [-0.2, 0) is 0 Å². The summed E-state index contributed by atoms with van der Waals surface area (Å²) < 4.78 is 24.6. The van der Waals surface area contributed by atoms with Gasteiger partial charge in [-0.1, -0.05) is 108 Å². The minimum absolute atomic E-state index is 0.871. The third kappa shape index (κ3) is 5.33. The normalized spacial score (nSPS) is 12.9. The minimum Gasteiger partial charge on any atom is -0.456 e. The quantitative estimate of drug-likeness (QED) is 0.161. The Hall–Kier alpha value is -9.64. The van der Waals surface area contributed by atoms with Gasteiger partial charge in [0.15, 0.2) is 0 Å². The van der Waals surface area contributed by atoms with Crippen LogP contribution in [0.15, 0.2) is 221 Å². The van der Waals surface area contributed by atoms with Gasteiger partial charge in [0.25, 0.3) is 0 Å². The van der Waals surface area contributed by atoms with Crippen molar-refractivity contribution in [3.8, 4) is 17.1 Å². The van der Waals surface area contributed by atoms with E-state index in [1.165, 1.54) is 21.1 Å². The van der Waals surface area contributed by atoms with Gasteiger partial charge in [0.05, 0.1) is 69.7 Å². The molecule has 1 unspecified atom stereocenters. The first-order chi connectivity index (χ1) is 36.1. The zero-order valence-electron chi connectivity index (χ0n) is 39.2. The van der Waals surface area contributed by atoms with Crippen LogP contribution in [0.4, 0.5) is 0 Å². The van der Waals surface area contributed by atoms with Crippen LogP contribution in [0, 0.1) is 0 Å². The molecule has 9 nitrogen and oxygen atoms in total. The van der Waals surface area contributed by atoms with Gasteiger partial charge in [-0.15, -0.1) is 0 Å². The molecule has 1 atom stereocenters. The number of para-hydroxylation sites is 9. The van der Waals surface area contributed by atoms with Crippen molar-refractivity contribution in [2.75, 3.05) is 0 Å². The Labute approximate surface area is 415 Å². The number of aromatic nitrogens is 7. The second-order valence-electron chi connectivity index (χ2n) is 19.5. The zero-order valence-corrected chi connectivity index (χ0v) is 40.4. The molecule has 0 saturated carbocycles. The summed E-state index contributed by atoms with van der Waals surface area (Å²) in [6.45, 7) is 2.43. The predicted molar refractivity (Wildman–Crippen MR) is 300 cm³/mol. The fraction of sp³-hybridized carbons (Fsp3) is 0.0159. The summed E-state index contributed by atoms with van der Waals surface area (Å²) in [5.74, 6) is 1.79. The van der Waals surface area contributed by atoms with Crippen molar-refractivity contribution in [2.45, 2.75) is 6.55 Å². The smallest absolute Gasteiger partial charge is 0.220 e. The van der Waals surface area contributed by atoms with Crippen LogP contribution in [0.2, 0.25) is 6.55 Å². The van der Waals surface area contributed by atoms with E-state index in [0.717, 1.165) is 128 Å². The molecule has 0 N–H and O–H groups in total. The molecule has 0 spiro atoms. The lowest BCUT2D eigenvalue weighted by Crippen LogP contribution is -2.38. The van der Waals surface area contributed by atoms with Crippen molar-refractivity contribution >= 4 is 141 Å². The summed E-state index contributed by atoms with van der Waals surface area (Å²) in [6.07, 6.45) is 0. The average molecular weight is 954 g/mol. The number of fused-ring (bicyclic) bond motifs is 19. The van der Waals surface area contributed by atoms with Crippen molar-refractivity contribution < 1.29 is 8.83 Å². The van der Waals surface area contributed by atoms with E-state index < -0.39 is 8.80 Å². The standard InChI is InChI=1S/C63H39N7O2Si/c1-73(41-26-31-61-47(36-41)45-34-39(24-29-59(45)72-61)68-55-19-9-11-21-57(55)70-53-17-7-4-14-49(53)65-63(68)70)40-25-30-60-46(35-40)44-33-37(23-28-58(44)71-60)66-50-15-5-2-12-42(50)43-32-38(22-27-51(43)66)67-54-18-8-10-20-56(54)69-52-16-6-3-13-48(52)64-62(67)69/h2-36,73H,1H3. The molecule has 0 aliphatic carbocycles. The molecule has 0 amide bonds. The van der Waals surface area contributed by atoms with Gasteiger partial charge in [0.1, 0.15) is 22.3 Å². The Kier molecular flexibility index (Phi) is 7.64. The predicted octanol–water partition coefficient (Wildman–Crippen LogP) is 14.0. The average Bonchev–Trinajstić information content (AvgIpc) is 4.31. The second kappa shape index (κ2) is 14.2. The van der Waals surface area contributed by atoms with Crippen molar-refractivity contribution in [3.05, 3.63) is 212 Å². The molecule has 0 aliphatic rings. The maximum absolute atomic E-state index is 6.57. The van der Waals surface area contributed by atoms with E-state index >= 15 is 0 Å². The van der Waals surface area contributed by atoms with Crippen LogP contribution < -0.4 is 10.4 Å². The van der Waals surface area contributed by atoms with Crippen LogP contribution in [0.25, 0.3) is 138 Å². The fourth-order valence-corrected chi connectivity index (χ4v) is 14.2. The maximum atomic E-state index is 6.57. The molecule has 342 valence electrons. The Morgan fingerprint density at radius 1 is 0.315 bits per heavy atom. The number of imidazole rings is 4. The molecular formula is C63H39N7O2Si. The highest BCUT2D eigenvalue weighted by molar-refractivity contribution is 6.84. The van der Waals surface area contributed by atoms with E-state index in [2.05, 4.69) is 235 Å². The summed E-state index contributed by atoms with van der Waals surface area (Å²) in [6, 6.07) is 76.2. The summed E-state index contributed by atoms with van der Waals surface area (Å²) >= 11 is 0. The summed E-state index contributed by atoms with van der Waals surface area (Å²) in [7, 11) is -1.70. The first-order valence-corrected chi connectivity index (χ1v) is 27.1.